The van der Waals surface area contributed by atoms with Crippen LogP contribution in [-0.2, 0) is 6.54 Å². The fraction of sp³-hybridized carbons (Fsp3) is 0.556. The van der Waals surface area contributed by atoms with Gasteiger partial charge in [-0.15, -0.1) is 0 Å². The van der Waals surface area contributed by atoms with Gasteiger partial charge in [0.25, 0.3) is 5.91 Å². The Hall–Kier alpha value is -2.12. The molecule has 1 saturated heterocycles. The molecule has 2 fully saturated rings. The van der Waals surface area contributed by atoms with Crippen LogP contribution >= 0.6 is 0 Å². The molecule has 1 aliphatic carbocycles. The van der Waals surface area contributed by atoms with Crippen LogP contribution in [-0.4, -0.2) is 68.3 Å². The van der Waals surface area contributed by atoms with Crippen LogP contribution in [0.2, 0.25) is 0 Å². The number of amides is 1. The molecule has 2 aromatic rings. The Kier molecular flexibility index (Phi) is 4.35. The van der Waals surface area contributed by atoms with Gasteiger partial charge in [-0.1, -0.05) is 0 Å². The number of H-pyrrole nitrogens is 2. The fourth-order valence-corrected chi connectivity index (χ4v) is 3.53. The first-order valence-corrected chi connectivity index (χ1v) is 8.98. The van der Waals surface area contributed by atoms with Gasteiger partial charge in [-0.2, -0.15) is 5.10 Å². The predicted octanol–water partition coefficient (Wildman–Crippen LogP) is 1.24. The van der Waals surface area contributed by atoms with Crippen molar-refractivity contribution in [3.8, 4) is 0 Å². The van der Waals surface area contributed by atoms with Crippen LogP contribution in [0.3, 0.4) is 0 Å². The molecule has 0 bridgehead atoms. The second kappa shape index (κ2) is 6.65. The predicted molar refractivity (Wildman–Crippen MR) is 93.3 cm³/mol. The van der Waals surface area contributed by atoms with Crippen LogP contribution in [0.25, 0.3) is 0 Å². The number of nitrogens with one attached hydrogen (secondary N) is 2. The number of rotatable bonds is 4. The zero-order valence-electron chi connectivity index (χ0n) is 14.5. The van der Waals surface area contributed by atoms with Crippen molar-refractivity contribution in [3.63, 3.8) is 0 Å². The van der Waals surface area contributed by atoms with E-state index in [1.54, 1.807) is 17.2 Å². The lowest BCUT2D eigenvalue weighted by Gasteiger charge is -2.21. The number of hydrogen-bond acceptors (Lipinski definition) is 4. The van der Waals surface area contributed by atoms with Crippen molar-refractivity contribution in [1.82, 2.24) is 25.0 Å². The van der Waals surface area contributed by atoms with Gasteiger partial charge in [0.05, 0.1) is 17.4 Å². The minimum Gasteiger partial charge on any atom is -0.390 e. The molecule has 0 radical (unpaired) electrons. The van der Waals surface area contributed by atoms with Gasteiger partial charge in [0.2, 0.25) is 0 Å². The van der Waals surface area contributed by atoms with Crippen LogP contribution in [0.15, 0.2) is 18.3 Å². The van der Waals surface area contributed by atoms with Gasteiger partial charge in [0.1, 0.15) is 0 Å². The Morgan fingerprint density at radius 3 is 2.92 bits per heavy atom. The summed E-state index contributed by atoms with van der Waals surface area (Å²) in [6.07, 6.45) is 3.71. The Morgan fingerprint density at radius 2 is 2.20 bits per heavy atom. The van der Waals surface area contributed by atoms with Gasteiger partial charge in [0, 0.05) is 56.2 Å². The normalized spacial score (nSPS) is 22.2. The van der Waals surface area contributed by atoms with Gasteiger partial charge in [-0.05, 0) is 31.9 Å². The zero-order chi connectivity index (χ0) is 17.4. The molecule has 0 spiro atoms. The van der Waals surface area contributed by atoms with Gasteiger partial charge in [-0.3, -0.25) is 14.8 Å². The number of aromatic nitrogens is 3. The number of aliphatic hydroxyl groups excluding tert-OH is 1. The van der Waals surface area contributed by atoms with E-state index in [1.807, 2.05) is 6.92 Å². The highest BCUT2D eigenvalue weighted by Gasteiger charge is 2.28. The van der Waals surface area contributed by atoms with Crippen LogP contribution in [0.1, 0.15) is 46.2 Å². The highest BCUT2D eigenvalue weighted by molar-refractivity contribution is 5.95. The zero-order valence-corrected chi connectivity index (χ0v) is 14.5. The van der Waals surface area contributed by atoms with Gasteiger partial charge in [-0.25, -0.2) is 0 Å². The summed E-state index contributed by atoms with van der Waals surface area (Å²) in [5.41, 5.74) is 3.79. The Labute approximate surface area is 147 Å². The molecule has 3 heterocycles. The van der Waals surface area contributed by atoms with Gasteiger partial charge in [0.15, 0.2) is 0 Å². The van der Waals surface area contributed by atoms with Crippen molar-refractivity contribution in [1.29, 1.82) is 0 Å². The molecule has 2 aromatic heterocycles. The lowest BCUT2D eigenvalue weighted by Crippen LogP contribution is -2.37. The fourth-order valence-electron chi connectivity index (χ4n) is 3.53. The molecule has 25 heavy (non-hydrogen) atoms. The maximum absolute atomic E-state index is 12.7. The minimum atomic E-state index is -0.545. The molecule has 7 heteroatoms. The summed E-state index contributed by atoms with van der Waals surface area (Å²) in [6, 6.07) is 3.94. The molecule has 0 unspecified atom stereocenters. The first kappa shape index (κ1) is 16.4. The first-order valence-electron chi connectivity index (χ1n) is 8.98. The van der Waals surface area contributed by atoms with Crippen molar-refractivity contribution in [2.24, 2.45) is 0 Å². The molecule has 1 atom stereocenters. The molecule has 1 amide bonds. The Bertz CT molecular complexity index is 748. The van der Waals surface area contributed by atoms with Crippen molar-refractivity contribution < 1.29 is 9.90 Å². The average Bonchev–Trinajstić information content (AvgIpc) is 3.24. The third kappa shape index (κ3) is 3.62. The summed E-state index contributed by atoms with van der Waals surface area (Å²) >= 11 is 0. The van der Waals surface area contributed by atoms with E-state index in [9.17, 15) is 9.90 Å². The van der Waals surface area contributed by atoms with E-state index in [1.165, 1.54) is 12.8 Å². The van der Waals surface area contributed by atoms with Crippen molar-refractivity contribution in [3.05, 3.63) is 41.0 Å². The summed E-state index contributed by atoms with van der Waals surface area (Å²) in [5, 5.41) is 17.9. The van der Waals surface area contributed by atoms with Crippen molar-refractivity contribution in [2.45, 2.75) is 38.3 Å². The number of aliphatic hydroxyl groups is 1. The largest absolute Gasteiger partial charge is 0.390 e. The lowest BCUT2D eigenvalue weighted by atomic mass is 10.2. The molecule has 2 aliphatic rings. The maximum Gasteiger partial charge on any atom is 0.255 e. The number of β-amino-alcohol motifs (C(OH)–C–C–N with tert-alkyl or cyclic N) is 1. The van der Waals surface area contributed by atoms with Crippen molar-refractivity contribution in [2.75, 3.05) is 26.2 Å². The molecule has 4 rings (SSSR count). The van der Waals surface area contributed by atoms with Gasteiger partial charge < -0.3 is 15.0 Å². The monoisotopic (exact) mass is 343 g/mol. The minimum absolute atomic E-state index is 0.0165. The van der Waals surface area contributed by atoms with Crippen LogP contribution in [0, 0.1) is 6.92 Å². The molecule has 1 aliphatic heterocycles. The molecule has 7 nitrogen and oxygen atoms in total. The first-order chi connectivity index (χ1) is 12.1. The maximum atomic E-state index is 12.7. The van der Waals surface area contributed by atoms with E-state index < -0.39 is 6.10 Å². The summed E-state index contributed by atoms with van der Waals surface area (Å²) in [5.74, 6) is 0.620. The molecule has 134 valence electrons. The van der Waals surface area contributed by atoms with Crippen LogP contribution in [0.5, 0.6) is 0 Å². The standard InChI is InChI=1S/C18H25N5O2/c1-12-16(4-5-19-12)18(25)23-7-6-22(10-15(24)11-23)9-14-8-17(21-20-14)13-2-3-13/h4-5,8,13,15,19,24H,2-3,6-7,9-11H2,1H3,(H,20,21)/t15-/m0/s1. The van der Waals surface area contributed by atoms with E-state index in [0.717, 1.165) is 30.2 Å². The number of nitrogens with zero attached hydrogens (tertiary/aromatic N) is 3. The third-order valence-corrected chi connectivity index (χ3v) is 5.10. The number of carbonyl (C=O) groups is 1. The molecule has 1 saturated carbocycles. The number of carbonyl (C=O) groups excluding carboxylic acids is 1. The third-order valence-electron chi connectivity index (χ3n) is 5.10. The smallest absolute Gasteiger partial charge is 0.255 e. The van der Waals surface area contributed by atoms with E-state index in [2.05, 4.69) is 26.1 Å². The summed E-state index contributed by atoms with van der Waals surface area (Å²) in [6.45, 7) is 4.91. The molecule has 3 N–H and O–H groups in total. The van der Waals surface area contributed by atoms with Crippen LogP contribution < -0.4 is 0 Å². The summed E-state index contributed by atoms with van der Waals surface area (Å²) < 4.78 is 0. The quantitative estimate of drug-likeness (QED) is 0.779. The van der Waals surface area contributed by atoms with Crippen molar-refractivity contribution >= 4 is 5.91 Å². The SMILES string of the molecule is Cc1[nH]ccc1C(=O)N1CCN(Cc2cc(C3CC3)n[nH]2)C[C@H](O)C1. The highest BCUT2D eigenvalue weighted by atomic mass is 16.3. The highest BCUT2D eigenvalue weighted by Crippen LogP contribution is 2.39. The topological polar surface area (TPSA) is 88.3 Å². The molecule has 0 aromatic carbocycles. The number of aromatic amines is 2. The Morgan fingerprint density at radius 1 is 1.36 bits per heavy atom. The molecular weight excluding hydrogens is 318 g/mol. The van der Waals surface area contributed by atoms with Gasteiger partial charge >= 0.3 is 0 Å². The summed E-state index contributed by atoms with van der Waals surface area (Å²) in [7, 11) is 0. The number of aryl methyl sites for hydroxylation is 1. The summed E-state index contributed by atoms with van der Waals surface area (Å²) in [4.78, 5) is 19.7. The number of hydrogen-bond donors (Lipinski definition) is 3. The lowest BCUT2D eigenvalue weighted by molar-refractivity contribution is 0.0662. The van der Waals surface area contributed by atoms with E-state index in [0.29, 0.717) is 31.1 Å². The second-order valence-electron chi connectivity index (χ2n) is 7.25. The second-order valence-corrected chi connectivity index (χ2v) is 7.25. The van der Waals surface area contributed by atoms with Crippen LogP contribution in [0.4, 0.5) is 0 Å². The van der Waals surface area contributed by atoms with E-state index >= 15 is 0 Å². The average molecular weight is 343 g/mol. The Balaban J connectivity index is 1.39. The van der Waals surface area contributed by atoms with E-state index in [-0.39, 0.29) is 5.91 Å². The molecular formula is C18H25N5O2. The van der Waals surface area contributed by atoms with E-state index in [4.69, 9.17) is 0 Å².